The summed E-state index contributed by atoms with van der Waals surface area (Å²) in [5.41, 5.74) is 6.60. The van der Waals surface area contributed by atoms with Gasteiger partial charge < -0.3 is 10.5 Å². The smallest absolute Gasteiger partial charge is 0.182 e. The topological polar surface area (TPSA) is 78.8 Å². The number of rotatable bonds is 3. The third-order valence-corrected chi connectivity index (χ3v) is 3.65. The van der Waals surface area contributed by atoms with Crippen LogP contribution in [0.25, 0.3) is 11.4 Å². The third-order valence-electron chi connectivity index (χ3n) is 3.65. The van der Waals surface area contributed by atoms with E-state index in [1.807, 2.05) is 6.92 Å². The maximum absolute atomic E-state index is 13.4. The van der Waals surface area contributed by atoms with E-state index in [1.54, 1.807) is 10.7 Å². The second-order valence-corrected chi connectivity index (χ2v) is 5.08. The molecule has 3 rings (SSSR count). The number of ether oxygens (including phenoxy) is 1. The van der Waals surface area contributed by atoms with Crippen molar-refractivity contribution in [2.45, 2.75) is 26.0 Å². The quantitative estimate of drug-likeness (QED) is 0.860. The van der Waals surface area contributed by atoms with Crippen LogP contribution in [-0.2, 0) is 11.3 Å². The van der Waals surface area contributed by atoms with Crippen LogP contribution in [0.2, 0.25) is 0 Å². The zero-order valence-corrected chi connectivity index (χ0v) is 11.2. The van der Waals surface area contributed by atoms with Gasteiger partial charge in [-0.25, -0.2) is 9.07 Å². The van der Waals surface area contributed by atoms with Crippen molar-refractivity contribution in [1.29, 1.82) is 0 Å². The number of nitrogen functional groups attached to an aromatic ring is 1. The molecule has 1 aromatic carbocycles. The second-order valence-electron chi connectivity index (χ2n) is 5.08. The van der Waals surface area contributed by atoms with Gasteiger partial charge >= 0.3 is 0 Å². The number of hydrogen-bond donors (Lipinski definition) is 1. The number of nitrogens with zero attached hydrogens (tertiary/aromatic N) is 4. The first kappa shape index (κ1) is 13.0. The lowest BCUT2D eigenvalue weighted by Crippen LogP contribution is -2.19. The van der Waals surface area contributed by atoms with E-state index in [9.17, 15) is 4.39 Å². The maximum atomic E-state index is 13.4. The number of anilines is 1. The Balaban J connectivity index is 1.89. The highest BCUT2D eigenvalue weighted by molar-refractivity contribution is 5.61. The third kappa shape index (κ3) is 2.49. The van der Waals surface area contributed by atoms with Crippen LogP contribution in [0.15, 0.2) is 18.2 Å². The van der Waals surface area contributed by atoms with Gasteiger partial charge in [0, 0.05) is 23.8 Å². The lowest BCUT2D eigenvalue weighted by Gasteiger charge is -2.14. The highest BCUT2D eigenvalue weighted by atomic mass is 19.1. The van der Waals surface area contributed by atoms with Crippen molar-refractivity contribution in [2.24, 2.45) is 5.92 Å². The zero-order valence-electron chi connectivity index (χ0n) is 11.2. The molecule has 2 unspecified atom stereocenters. The van der Waals surface area contributed by atoms with E-state index in [-0.39, 0.29) is 6.10 Å². The molecule has 0 radical (unpaired) electrons. The van der Waals surface area contributed by atoms with Crippen LogP contribution >= 0.6 is 0 Å². The van der Waals surface area contributed by atoms with Crippen molar-refractivity contribution in [2.75, 3.05) is 12.3 Å². The molecular weight excluding hydrogens is 261 g/mol. The average molecular weight is 277 g/mol. The summed E-state index contributed by atoms with van der Waals surface area (Å²) in [5, 5.41) is 11.6. The molecule has 2 heterocycles. The van der Waals surface area contributed by atoms with E-state index in [0.29, 0.717) is 29.5 Å². The van der Waals surface area contributed by atoms with Gasteiger partial charge in [-0.3, -0.25) is 0 Å². The first-order chi connectivity index (χ1) is 9.63. The fraction of sp³-hybridized carbons (Fsp3) is 0.462. The van der Waals surface area contributed by atoms with Gasteiger partial charge in [0.2, 0.25) is 0 Å². The van der Waals surface area contributed by atoms with Gasteiger partial charge in [0.25, 0.3) is 0 Å². The lowest BCUT2D eigenvalue weighted by atomic mass is 10.0. The molecule has 0 amide bonds. The Morgan fingerprint density at radius 3 is 3.00 bits per heavy atom. The fourth-order valence-corrected chi connectivity index (χ4v) is 2.51. The molecule has 0 aliphatic carbocycles. The van der Waals surface area contributed by atoms with Crippen LogP contribution in [0, 0.1) is 11.7 Å². The Labute approximate surface area is 115 Å². The molecule has 1 fully saturated rings. The van der Waals surface area contributed by atoms with Crippen LogP contribution in [0.5, 0.6) is 0 Å². The van der Waals surface area contributed by atoms with Gasteiger partial charge in [-0.05, 0) is 42.0 Å². The Morgan fingerprint density at radius 1 is 1.45 bits per heavy atom. The SMILES string of the molecule is CC1OCCC1Cn1nnnc1-c1cc(N)cc(F)c1. The first-order valence-electron chi connectivity index (χ1n) is 6.57. The number of nitrogens with two attached hydrogens (primary N) is 1. The number of hydrogen-bond acceptors (Lipinski definition) is 5. The summed E-state index contributed by atoms with van der Waals surface area (Å²) in [5.74, 6) is 0.491. The standard InChI is InChI=1S/C13H16FN5O/c1-8-9(2-3-20-8)7-19-13(16-17-18-19)10-4-11(14)6-12(15)5-10/h4-6,8-9H,2-3,7,15H2,1H3. The molecule has 0 bridgehead atoms. The van der Waals surface area contributed by atoms with Crippen molar-refractivity contribution in [3.05, 3.63) is 24.0 Å². The molecule has 1 aromatic heterocycles. The highest BCUT2D eigenvalue weighted by Gasteiger charge is 2.26. The number of tetrazole rings is 1. The maximum Gasteiger partial charge on any atom is 0.182 e. The molecule has 2 N–H and O–H groups in total. The van der Waals surface area contributed by atoms with Crippen molar-refractivity contribution < 1.29 is 9.13 Å². The van der Waals surface area contributed by atoms with E-state index in [0.717, 1.165) is 13.0 Å². The number of benzene rings is 1. The van der Waals surface area contributed by atoms with E-state index in [4.69, 9.17) is 10.5 Å². The summed E-state index contributed by atoms with van der Waals surface area (Å²) in [6.07, 6.45) is 1.16. The summed E-state index contributed by atoms with van der Waals surface area (Å²) in [7, 11) is 0. The molecule has 0 spiro atoms. The molecule has 20 heavy (non-hydrogen) atoms. The molecule has 106 valence electrons. The van der Waals surface area contributed by atoms with Crippen LogP contribution in [0.4, 0.5) is 10.1 Å². The average Bonchev–Trinajstić information content (AvgIpc) is 2.99. The van der Waals surface area contributed by atoms with Crippen LogP contribution in [-0.4, -0.2) is 32.9 Å². The first-order valence-corrected chi connectivity index (χ1v) is 6.57. The Hall–Kier alpha value is -2.02. The van der Waals surface area contributed by atoms with Crippen LogP contribution in [0.3, 0.4) is 0 Å². The lowest BCUT2D eigenvalue weighted by molar-refractivity contribution is 0.101. The summed E-state index contributed by atoms with van der Waals surface area (Å²) >= 11 is 0. The highest BCUT2D eigenvalue weighted by Crippen LogP contribution is 2.25. The normalized spacial score (nSPS) is 22.3. The van der Waals surface area contributed by atoms with Gasteiger partial charge in [0.15, 0.2) is 5.82 Å². The molecule has 1 aliphatic rings. The van der Waals surface area contributed by atoms with Crippen molar-refractivity contribution in [3.63, 3.8) is 0 Å². The van der Waals surface area contributed by atoms with Crippen LogP contribution in [0.1, 0.15) is 13.3 Å². The minimum Gasteiger partial charge on any atom is -0.399 e. The molecule has 2 aromatic rings. The number of halogens is 1. The van der Waals surface area contributed by atoms with Crippen molar-refractivity contribution >= 4 is 5.69 Å². The Morgan fingerprint density at radius 2 is 2.30 bits per heavy atom. The summed E-state index contributed by atoms with van der Waals surface area (Å²) < 4.78 is 20.7. The predicted molar refractivity (Wildman–Crippen MR) is 71.1 cm³/mol. The zero-order chi connectivity index (χ0) is 14.1. The van der Waals surface area contributed by atoms with E-state index >= 15 is 0 Å². The second kappa shape index (κ2) is 5.16. The Bertz CT molecular complexity index is 594. The van der Waals surface area contributed by atoms with Gasteiger partial charge in [0.1, 0.15) is 5.82 Å². The van der Waals surface area contributed by atoms with E-state index < -0.39 is 5.82 Å². The van der Waals surface area contributed by atoms with Crippen LogP contribution < -0.4 is 5.73 Å². The minimum atomic E-state index is -0.396. The largest absolute Gasteiger partial charge is 0.399 e. The fourth-order valence-electron chi connectivity index (χ4n) is 2.51. The Kier molecular flexibility index (Phi) is 3.35. The van der Waals surface area contributed by atoms with Gasteiger partial charge in [0.05, 0.1) is 12.6 Å². The van der Waals surface area contributed by atoms with Gasteiger partial charge in [-0.15, -0.1) is 5.10 Å². The molecular formula is C13H16FN5O. The summed E-state index contributed by atoms with van der Waals surface area (Å²) in [6.45, 7) is 3.46. The van der Waals surface area contributed by atoms with Gasteiger partial charge in [-0.2, -0.15) is 0 Å². The minimum absolute atomic E-state index is 0.185. The van der Waals surface area contributed by atoms with Crippen molar-refractivity contribution in [3.8, 4) is 11.4 Å². The predicted octanol–water partition coefficient (Wildman–Crippen LogP) is 1.49. The summed E-state index contributed by atoms with van der Waals surface area (Å²) in [4.78, 5) is 0. The van der Waals surface area contributed by atoms with E-state index in [1.165, 1.54) is 12.1 Å². The molecule has 2 atom stereocenters. The molecule has 1 aliphatic heterocycles. The van der Waals surface area contributed by atoms with Gasteiger partial charge in [-0.1, -0.05) is 0 Å². The summed E-state index contributed by atoms with van der Waals surface area (Å²) in [6, 6.07) is 4.32. The molecule has 1 saturated heterocycles. The monoisotopic (exact) mass is 277 g/mol. The van der Waals surface area contributed by atoms with Crippen molar-refractivity contribution in [1.82, 2.24) is 20.2 Å². The number of aromatic nitrogens is 4. The molecule has 6 nitrogen and oxygen atoms in total. The molecule has 7 heteroatoms. The van der Waals surface area contributed by atoms with E-state index in [2.05, 4.69) is 15.5 Å². The molecule has 0 saturated carbocycles.